The number of anilines is 1. The van der Waals surface area contributed by atoms with E-state index in [1.165, 1.54) is 6.92 Å². The minimum atomic E-state index is -0.476. The molecule has 0 aliphatic carbocycles. The normalized spacial score (nSPS) is 9.95. The molecule has 2 rings (SSSR count). The van der Waals surface area contributed by atoms with Gasteiger partial charge in [-0.2, -0.15) is 0 Å². The molecule has 1 amide bonds. The lowest BCUT2D eigenvalue weighted by Gasteiger charge is -2.08. The molecule has 0 aromatic heterocycles. The molecule has 5 nitrogen and oxygen atoms in total. The number of carbonyl (C=O) groups excluding carboxylic acids is 2. The van der Waals surface area contributed by atoms with Gasteiger partial charge in [-0.05, 0) is 58.4 Å². The smallest absolute Gasteiger partial charge is 0.343 e. The minimum absolute atomic E-state index is 0.159. The van der Waals surface area contributed by atoms with E-state index in [1.54, 1.807) is 49.6 Å². The van der Waals surface area contributed by atoms with Crippen LogP contribution in [-0.4, -0.2) is 19.0 Å². The van der Waals surface area contributed by atoms with Gasteiger partial charge in [0.25, 0.3) is 0 Å². The Morgan fingerprint density at radius 3 is 2.32 bits per heavy atom. The van der Waals surface area contributed by atoms with Crippen LogP contribution in [0.25, 0.3) is 0 Å². The van der Waals surface area contributed by atoms with E-state index in [9.17, 15) is 9.59 Å². The van der Waals surface area contributed by atoms with Crippen molar-refractivity contribution in [2.75, 3.05) is 12.4 Å². The fraction of sp³-hybridized carbons (Fsp3) is 0.125. The predicted octanol–water partition coefficient (Wildman–Crippen LogP) is 3.64. The van der Waals surface area contributed by atoms with Crippen LogP contribution in [0, 0.1) is 0 Å². The van der Waals surface area contributed by atoms with Gasteiger partial charge in [-0.1, -0.05) is 0 Å². The van der Waals surface area contributed by atoms with Crippen LogP contribution in [0.4, 0.5) is 5.69 Å². The summed E-state index contributed by atoms with van der Waals surface area (Å²) >= 11 is 3.32. The number of halogens is 1. The quantitative estimate of drug-likeness (QED) is 0.665. The van der Waals surface area contributed by atoms with Gasteiger partial charge in [0.1, 0.15) is 11.5 Å². The fourth-order valence-corrected chi connectivity index (χ4v) is 2.31. The zero-order valence-electron chi connectivity index (χ0n) is 12.1. The molecule has 0 saturated carbocycles. The monoisotopic (exact) mass is 363 g/mol. The van der Waals surface area contributed by atoms with Crippen molar-refractivity contribution in [3.05, 3.63) is 52.5 Å². The first kappa shape index (κ1) is 16.0. The number of benzene rings is 2. The van der Waals surface area contributed by atoms with Gasteiger partial charge < -0.3 is 14.8 Å². The second-order valence-corrected chi connectivity index (χ2v) is 5.30. The Morgan fingerprint density at radius 2 is 1.77 bits per heavy atom. The molecule has 0 spiro atoms. The number of hydrogen-bond acceptors (Lipinski definition) is 4. The van der Waals surface area contributed by atoms with E-state index in [1.807, 2.05) is 0 Å². The van der Waals surface area contributed by atoms with Crippen molar-refractivity contribution < 1.29 is 19.1 Å². The summed E-state index contributed by atoms with van der Waals surface area (Å²) in [5.41, 5.74) is 1.04. The molecule has 0 saturated heterocycles. The van der Waals surface area contributed by atoms with Crippen LogP contribution in [-0.2, 0) is 4.79 Å². The molecule has 1 N–H and O–H groups in total. The van der Waals surface area contributed by atoms with E-state index in [-0.39, 0.29) is 5.91 Å². The molecule has 0 heterocycles. The number of esters is 1. The van der Waals surface area contributed by atoms with Crippen LogP contribution in [0.5, 0.6) is 11.5 Å². The topological polar surface area (TPSA) is 64.6 Å². The molecule has 6 heteroatoms. The minimum Gasteiger partial charge on any atom is -0.496 e. The van der Waals surface area contributed by atoms with Crippen molar-refractivity contribution in [3.63, 3.8) is 0 Å². The molecular weight excluding hydrogens is 350 g/mol. The number of amides is 1. The molecule has 114 valence electrons. The van der Waals surface area contributed by atoms with Gasteiger partial charge in [0.05, 0.1) is 17.1 Å². The van der Waals surface area contributed by atoms with Crippen molar-refractivity contribution in [2.45, 2.75) is 6.92 Å². The maximum atomic E-state index is 12.1. The van der Waals surface area contributed by atoms with Gasteiger partial charge in [0.2, 0.25) is 5.91 Å². The van der Waals surface area contributed by atoms with Crippen LogP contribution in [0.15, 0.2) is 46.9 Å². The van der Waals surface area contributed by atoms with Crippen molar-refractivity contribution in [1.29, 1.82) is 0 Å². The summed E-state index contributed by atoms with van der Waals surface area (Å²) in [6.07, 6.45) is 0. The third kappa shape index (κ3) is 4.08. The number of nitrogens with one attached hydrogen (secondary N) is 1. The maximum absolute atomic E-state index is 12.1. The molecule has 22 heavy (non-hydrogen) atoms. The summed E-state index contributed by atoms with van der Waals surface area (Å²) in [5, 5.41) is 2.64. The lowest BCUT2D eigenvalue weighted by molar-refractivity contribution is -0.114. The van der Waals surface area contributed by atoms with Crippen molar-refractivity contribution in [3.8, 4) is 11.5 Å². The number of ether oxygens (including phenoxy) is 2. The van der Waals surface area contributed by atoms with Crippen LogP contribution in [0.1, 0.15) is 17.3 Å². The van der Waals surface area contributed by atoms with Crippen molar-refractivity contribution >= 4 is 33.5 Å². The Balaban J connectivity index is 2.08. The van der Waals surface area contributed by atoms with E-state index in [4.69, 9.17) is 9.47 Å². The Bertz CT molecular complexity index is 698. The first-order valence-electron chi connectivity index (χ1n) is 6.43. The van der Waals surface area contributed by atoms with Gasteiger partial charge in [0, 0.05) is 12.6 Å². The number of carbonyl (C=O) groups is 2. The van der Waals surface area contributed by atoms with Gasteiger partial charge in [-0.3, -0.25) is 4.79 Å². The summed E-state index contributed by atoms with van der Waals surface area (Å²) in [6.45, 7) is 1.43. The highest BCUT2D eigenvalue weighted by Gasteiger charge is 2.11. The molecule has 0 bridgehead atoms. The Hall–Kier alpha value is -2.34. The SMILES string of the molecule is COc1ccc(C(=O)Oc2ccc(NC(C)=O)cc2)cc1Br. The van der Waals surface area contributed by atoms with Gasteiger partial charge in [0.15, 0.2) is 0 Å². The fourth-order valence-electron chi connectivity index (χ4n) is 1.77. The van der Waals surface area contributed by atoms with E-state index in [2.05, 4.69) is 21.2 Å². The molecule has 0 atom stereocenters. The zero-order chi connectivity index (χ0) is 16.1. The van der Waals surface area contributed by atoms with Crippen LogP contribution < -0.4 is 14.8 Å². The molecule has 2 aromatic rings. The van der Waals surface area contributed by atoms with Crippen LogP contribution in [0.3, 0.4) is 0 Å². The summed E-state index contributed by atoms with van der Waals surface area (Å²) in [5.74, 6) is 0.394. The third-order valence-corrected chi connectivity index (χ3v) is 3.39. The Labute approximate surface area is 136 Å². The first-order chi connectivity index (χ1) is 10.5. The highest BCUT2D eigenvalue weighted by Crippen LogP contribution is 2.26. The zero-order valence-corrected chi connectivity index (χ0v) is 13.6. The van der Waals surface area contributed by atoms with Gasteiger partial charge in [-0.15, -0.1) is 0 Å². The van der Waals surface area contributed by atoms with Crippen molar-refractivity contribution in [1.82, 2.24) is 0 Å². The highest BCUT2D eigenvalue weighted by atomic mass is 79.9. The number of methoxy groups -OCH3 is 1. The molecule has 0 aliphatic heterocycles. The summed E-state index contributed by atoms with van der Waals surface area (Å²) < 4.78 is 11.1. The van der Waals surface area contributed by atoms with Crippen LogP contribution >= 0.6 is 15.9 Å². The summed E-state index contributed by atoms with van der Waals surface area (Å²) in [6, 6.07) is 11.5. The van der Waals surface area contributed by atoms with Crippen molar-refractivity contribution in [2.24, 2.45) is 0 Å². The molecular formula is C16H14BrNO4. The molecule has 0 fully saturated rings. The average Bonchev–Trinajstić information content (AvgIpc) is 2.48. The summed E-state index contributed by atoms with van der Waals surface area (Å²) in [4.78, 5) is 23.0. The highest BCUT2D eigenvalue weighted by molar-refractivity contribution is 9.10. The Kier molecular flexibility index (Phi) is 5.16. The molecule has 2 aromatic carbocycles. The van der Waals surface area contributed by atoms with E-state index >= 15 is 0 Å². The molecule has 0 aliphatic rings. The van der Waals surface area contributed by atoms with Crippen LogP contribution in [0.2, 0.25) is 0 Å². The predicted molar refractivity (Wildman–Crippen MR) is 86.4 cm³/mol. The third-order valence-electron chi connectivity index (χ3n) is 2.77. The lowest BCUT2D eigenvalue weighted by atomic mass is 10.2. The van der Waals surface area contributed by atoms with E-state index in [0.717, 1.165) is 0 Å². The molecule has 0 radical (unpaired) electrons. The Morgan fingerprint density at radius 1 is 1.09 bits per heavy atom. The standard InChI is InChI=1S/C16H14BrNO4/c1-10(19)18-12-4-6-13(7-5-12)22-16(20)11-3-8-15(21-2)14(17)9-11/h3-9H,1-2H3,(H,18,19). The lowest BCUT2D eigenvalue weighted by Crippen LogP contribution is -2.09. The first-order valence-corrected chi connectivity index (χ1v) is 7.22. The largest absolute Gasteiger partial charge is 0.496 e. The number of rotatable bonds is 4. The van der Waals surface area contributed by atoms with E-state index in [0.29, 0.717) is 27.2 Å². The average molecular weight is 364 g/mol. The second-order valence-electron chi connectivity index (χ2n) is 4.44. The van der Waals surface area contributed by atoms with Gasteiger partial charge in [-0.25, -0.2) is 4.79 Å². The number of hydrogen-bond donors (Lipinski definition) is 1. The second kappa shape index (κ2) is 7.09. The maximum Gasteiger partial charge on any atom is 0.343 e. The van der Waals surface area contributed by atoms with Gasteiger partial charge >= 0.3 is 5.97 Å². The summed E-state index contributed by atoms with van der Waals surface area (Å²) in [7, 11) is 1.55. The van der Waals surface area contributed by atoms with E-state index < -0.39 is 5.97 Å². The molecule has 0 unspecified atom stereocenters.